The number of hydrogen-bond acceptors (Lipinski definition) is 0. The smallest absolute Gasteiger partial charge is 0.205 e. The Morgan fingerprint density at radius 3 is 2.46 bits per heavy atom. The molecule has 0 heterocycles. The van der Waals surface area contributed by atoms with Gasteiger partial charge in [-0.2, -0.15) is 0 Å². The van der Waals surface area contributed by atoms with Crippen LogP contribution in [0.3, 0.4) is 0 Å². The first kappa shape index (κ1) is 10.2. The van der Waals surface area contributed by atoms with E-state index >= 15 is 0 Å². The van der Waals surface area contributed by atoms with Gasteiger partial charge in [-0.15, -0.1) is 0 Å². The molecular formula is C11H14F2. The van der Waals surface area contributed by atoms with Crippen LogP contribution >= 0.6 is 0 Å². The second-order valence-corrected chi connectivity index (χ2v) is 3.64. The van der Waals surface area contributed by atoms with E-state index in [0.717, 1.165) is 12.0 Å². The van der Waals surface area contributed by atoms with E-state index in [0.29, 0.717) is 5.92 Å². The monoisotopic (exact) mass is 184 g/mol. The molecule has 72 valence electrons. The standard InChI is InChI=1S/C11H14F2/c1-8(2)6-9-4-3-5-10(7-9)11(12)13/h3-5,7-8,11H,6H2,1-2H3. The molecule has 0 N–H and O–H groups in total. The van der Waals surface area contributed by atoms with Crippen molar-refractivity contribution < 1.29 is 8.78 Å². The highest BCUT2D eigenvalue weighted by Crippen LogP contribution is 2.20. The van der Waals surface area contributed by atoms with Crippen LogP contribution < -0.4 is 0 Å². The van der Waals surface area contributed by atoms with Gasteiger partial charge < -0.3 is 0 Å². The molecule has 0 aliphatic heterocycles. The fourth-order valence-electron chi connectivity index (χ4n) is 1.33. The van der Waals surface area contributed by atoms with Crippen LogP contribution in [0, 0.1) is 5.92 Å². The highest BCUT2D eigenvalue weighted by atomic mass is 19.3. The maximum Gasteiger partial charge on any atom is 0.263 e. The second-order valence-electron chi connectivity index (χ2n) is 3.64. The molecule has 0 saturated heterocycles. The van der Waals surface area contributed by atoms with Crippen molar-refractivity contribution in [1.29, 1.82) is 0 Å². The lowest BCUT2D eigenvalue weighted by Crippen LogP contribution is -1.95. The van der Waals surface area contributed by atoms with E-state index in [1.165, 1.54) is 6.07 Å². The van der Waals surface area contributed by atoms with Gasteiger partial charge in [-0.3, -0.25) is 0 Å². The van der Waals surface area contributed by atoms with Crippen LogP contribution in [0.2, 0.25) is 0 Å². The molecule has 0 spiro atoms. The second kappa shape index (κ2) is 4.35. The summed E-state index contributed by atoms with van der Waals surface area (Å²) in [5.41, 5.74) is 1.12. The van der Waals surface area contributed by atoms with Crippen molar-refractivity contribution >= 4 is 0 Å². The number of benzene rings is 1. The molecule has 0 amide bonds. The van der Waals surface area contributed by atoms with Crippen molar-refractivity contribution in [3.05, 3.63) is 35.4 Å². The Balaban J connectivity index is 2.79. The summed E-state index contributed by atoms with van der Waals surface area (Å²) >= 11 is 0. The van der Waals surface area contributed by atoms with Gasteiger partial charge in [0.2, 0.25) is 0 Å². The van der Waals surface area contributed by atoms with Crippen LogP contribution in [-0.4, -0.2) is 0 Å². The predicted molar refractivity (Wildman–Crippen MR) is 49.9 cm³/mol. The Labute approximate surface area is 77.6 Å². The van der Waals surface area contributed by atoms with Crippen molar-refractivity contribution in [2.24, 2.45) is 5.92 Å². The summed E-state index contributed by atoms with van der Waals surface area (Å²) in [6, 6.07) is 6.64. The Hall–Kier alpha value is -0.920. The van der Waals surface area contributed by atoms with E-state index in [1.54, 1.807) is 12.1 Å². The average Bonchev–Trinajstić information content (AvgIpc) is 2.03. The first-order valence-electron chi connectivity index (χ1n) is 4.46. The molecule has 0 fully saturated rings. The fraction of sp³-hybridized carbons (Fsp3) is 0.455. The van der Waals surface area contributed by atoms with Crippen molar-refractivity contribution in [2.45, 2.75) is 26.7 Å². The molecule has 0 bridgehead atoms. The van der Waals surface area contributed by atoms with Gasteiger partial charge in [0.05, 0.1) is 0 Å². The predicted octanol–water partition coefficient (Wildman–Crippen LogP) is 3.82. The third kappa shape index (κ3) is 3.13. The van der Waals surface area contributed by atoms with Gasteiger partial charge in [0.25, 0.3) is 6.43 Å². The minimum Gasteiger partial charge on any atom is -0.205 e. The maximum atomic E-state index is 12.3. The lowest BCUT2D eigenvalue weighted by molar-refractivity contribution is 0.151. The van der Waals surface area contributed by atoms with Crippen molar-refractivity contribution in [3.63, 3.8) is 0 Å². The van der Waals surface area contributed by atoms with Crippen LogP contribution in [0.5, 0.6) is 0 Å². The highest BCUT2D eigenvalue weighted by Gasteiger charge is 2.07. The molecule has 1 aromatic carbocycles. The van der Waals surface area contributed by atoms with E-state index in [9.17, 15) is 8.78 Å². The highest BCUT2D eigenvalue weighted by molar-refractivity contribution is 5.24. The van der Waals surface area contributed by atoms with Crippen LogP contribution in [0.4, 0.5) is 8.78 Å². The number of halogens is 2. The topological polar surface area (TPSA) is 0 Å². The minimum atomic E-state index is -2.35. The first-order chi connectivity index (χ1) is 6.09. The molecule has 0 nitrogen and oxygen atoms in total. The minimum absolute atomic E-state index is 0.123. The van der Waals surface area contributed by atoms with Gasteiger partial charge in [-0.1, -0.05) is 38.1 Å². The van der Waals surface area contributed by atoms with Gasteiger partial charge in [-0.05, 0) is 17.9 Å². The Morgan fingerprint density at radius 2 is 1.92 bits per heavy atom. The van der Waals surface area contributed by atoms with Crippen molar-refractivity contribution in [3.8, 4) is 0 Å². The fourth-order valence-corrected chi connectivity index (χ4v) is 1.33. The van der Waals surface area contributed by atoms with Crippen molar-refractivity contribution in [1.82, 2.24) is 0 Å². The van der Waals surface area contributed by atoms with Crippen LogP contribution in [0.25, 0.3) is 0 Å². The molecule has 0 atom stereocenters. The van der Waals surface area contributed by atoms with Crippen LogP contribution in [0.15, 0.2) is 24.3 Å². The quantitative estimate of drug-likeness (QED) is 0.669. The SMILES string of the molecule is CC(C)Cc1cccc(C(F)F)c1. The van der Waals surface area contributed by atoms with Crippen molar-refractivity contribution in [2.75, 3.05) is 0 Å². The van der Waals surface area contributed by atoms with Gasteiger partial charge in [0.15, 0.2) is 0 Å². The summed E-state index contributed by atoms with van der Waals surface area (Å²) in [6.07, 6.45) is -1.49. The summed E-state index contributed by atoms with van der Waals surface area (Å²) in [6.45, 7) is 4.16. The molecule has 2 heteroatoms. The molecule has 1 aromatic rings. The van der Waals surface area contributed by atoms with Crippen LogP contribution in [0.1, 0.15) is 31.4 Å². The van der Waals surface area contributed by atoms with E-state index < -0.39 is 6.43 Å². The zero-order valence-corrected chi connectivity index (χ0v) is 7.93. The average molecular weight is 184 g/mol. The largest absolute Gasteiger partial charge is 0.263 e. The number of alkyl halides is 2. The molecule has 1 rings (SSSR count). The Kier molecular flexibility index (Phi) is 3.40. The molecule has 0 radical (unpaired) electrons. The maximum absolute atomic E-state index is 12.3. The third-order valence-electron chi connectivity index (χ3n) is 1.85. The van der Waals surface area contributed by atoms with E-state index in [-0.39, 0.29) is 5.56 Å². The normalized spacial score (nSPS) is 11.2. The lowest BCUT2D eigenvalue weighted by atomic mass is 10.0. The zero-order valence-electron chi connectivity index (χ0n) is 7.93. The number of rotatable bonds is 3. The first-order valence-corrected chi connectivity index (χ1v) is 4.46. The molecule has 0 unspecified atom stereocenters. The van der Waals surface area contributed by atoms with Gasteiger partial charge in [-0.25, -0.2) is 8.78 Å². The summed E-state index contributed by atoms with van der Waals surface area (Å²) in [5, 5.41) is 0. The van der Waals surface area contributed by atoms with E-state index in [4.69, 9.17) is 0 Å². The number of hydrogen-bond donors (Lipinski definition) is 0. The molecule has 0 aliphatic rings. The third-order valence-corrected chi connectivity index (χ3v) is 1.85. The summed E-state index contributed by atoms with van der Waals surface area (Å²) in [4.78, 5) is 0. The molecule has 13 heavy (non-hydrogen) atoms. The zero-order chi connectivity index (χ0) is 9.84. The van der Waals surface area contributed by atoms with Gasteiger partial charge in [0, 0.05) is 5.56 Å². The van der Waals surface area contributed by atoms with Gasteiger partial charge in [0.1, 0.15) is 0 Å². The van der Waals surface area contributed by atoms with E-state index in [1.807, 2.05) is 6.07 Å². The Bertz CT molecular complexity index is 267. The molecule has 0 aromatic heterocycles. The van der Waals surface area contributed by atoms with Gasteiger partial charge >= 0.3 is 0 Å². The summed E-state index contributed by atoms with van der Waals surface area (Å²) < 4.78 is 24.6. The van der Waals surface area contributed by atoms with Crippen LogP contribution in [-0.2, 0) is 6.42 Å². The summed E-state index contributed by atoms with van der Waals surface area (Å²) in [5.74, 6) is 0.507. The molecule has 0 aliphatic carbocycles. The van der Waals surface area contributed by atoms with E-state index in [2.05, 4.69) is 13.8 Å². The summed E-state index contributed by atoms with van der Waals surface area (Å²) in [7, 11) is 0. The lowest BCUT2D eigenvalue weighted by Gasteiger charge is -2.06. The molecule has 0 saturated carbocycles. The Morgan fingerprint density at radius 1 is 1.23 bits per heavy atom. The molecular weight excluding hydrogens is 170 g/mol.